The van der Waals surface area contributed by atoms with Gasteiger partial charge in [0.25, 0.3) is 0 Å². The predicted molar refractivity (Wildman–Crippen MR) is 96.7 cm³/mol. The Balaban J connectivity index is 1.77. The Kier molecular flexibility index (Phi) is 5.24. The number of aryl methyl sites for hydroxylation is 2. The lowest BCUT2D eigenvalue weighted by atomic mass is 9.90. The van der Waals surface area contributed by atoms with Gasteiger partial charge >= 0.3 is 0 Å². The number of thiazole rings is 1. The summed E-state index contributed by atoms with van der Waals surface area (Å²) in [6, 6.07) is 5.89. The summed E-state index contributed by atoms with van der Waals surface area (Å²) in [5, 5.41) is 2.82. The Bertz CT molecular complexity index is 757. The van der Waals surface area contributed by atoms with E-state index in [-0.39, 0.29) is 17.5 Å². The van der Waals surface area contributed by atoms with Crippen molar-refractivity contribution in [2.45, 2.75) is 52.4 Å². The highest BCUT2D eigenvalue weighted by atomic mass is 32.1. The summed E-state index contributed by atoms with van der Waals surface area (Å²) < 4.78 is 0. The molecule has 0 bridgehead atoms. The fourth-order valence-electron chi connectivity index (χ4n) is 3.41. The van der Waals surface area contributed by atoms with Gasteiger partial charge in [-0.3, -0.25) is 9.59 Å². The normalized spacial score (nSPS) is 14.9. The first-order valence-electron chi connectivity index (χ1n) is 8.59. The van der Waals surface area contributed by atoms with Gasteiger partial charge in [-0.25, -0.2) is 4.98 Å². The number of carbonyl (C=O) groups is 2. The first-order valence-corrected chi connectivity index (χ1v) is 9.47. The smallest absolute Gasteiger partial charge is 0.166 e. The van der Waals surface area contributed by atoms with Crippen LogP contribution < -0.4 is 0 Å². The molecule has 0 N–H and O–H groups in total. The zero-order valence-electron chi connectivity index (χ0n) is 14.3. The van der Waals surface area contributed by atoms with Crippen LogP contribution in [-0.2, 0) is 17.6 Å². The van der Waals surface area contributed by atoms with Crippen LogP contribution in [0.5, 0.6) is 0 Å². The van der Waals surface area contributed by atoms with Crippen molar-refractivity contribution in [2.24, 2.45) is 5.92 Å². The second-order valence-corrected chi connectivity index (χ2v) is 7.72. The lowest BCUT2D eigenvalue weighted by molar-refractivity contribution is -0.117. The Morgan fingerprint density at radius 1 is 1.17 bits per heavy atom. The molecule has 0 saturated heterocycles. The van der Waals surface area contributed by atoms with Gasteiger partial charge in [0.2, 0.25) is 0 Å². The molecule has 1 aromatic heterocycles. The lowest BCUT2D eigenvalue weighted by Crippen LogP contribution is -2.16. The lowest BCUT2D eigenvalue weighted by Gasteiger charge is -2.13. The number of carbonyl (C=O) groups excluding carboxylic acids is 2. The number of aromatic nitrogens is 1. The van der Waals surface area contributed by atoms with Crippen LogP contribution in [0.3, 0.4) is 0 Å². The summed E-state index contributed by atoms with van der Waals surface area (Å²) in [5.74, 6) is 0.486. The molecule has 0 radical (unpaired) electrons. The molecule has 126 valence electrons. The predicted octanol–water partition coefficient (Wildman–Crippen LogP) is 4.49. The Labute approximate surface area is 147 Å². The summed E-state index contributed by atoms with van der Waals surface area (Å²) in [6.07, 6.45) is 4.91. The van der Waals surface area contributed by atoms with Gasteiger partial charge in [-0.15, -0.1) is 11.3 Å². The van der Waals surface area contributed by atoms with Crippen LogP contribution in [0.1, 0.15) is 57.9 Å². The van der Waals surface area contributed by atoms with Gasteiger partial charge in [-0.2, -0.15) is 0 Å². The summed E-state index contributed by atoms with van der Waals surface area (Å²) in [7, 11) is 0. The van der Waals surface area contributed by atoms with Gasteiger partial charge in [-0.05, 0) is 38.3 Å². The summed E-state index contributed by atoms with van der Waals surface area (Å²) >= 11 is 1.52. The standard InChI is InChI=1S/C20H23NO2S/c1-13-7-8-16(10-17(22)11-19-21-14(2)12-24-19)18(9-13)20(23)15-5-3-4-6-15/h7-9,12,15H,3-6,10-11H2,1-2H3. The van der Waals surface area contributed by atoms with Crippen LogP contribution in [0.2, 0.25) is 0 Å². The average Bonchev–Trinajstić information content (AvgIpc) is 3.20. The fourth-order valence-corrected chi connectivity index (χ4v) is 4.21. The number of hydrogen-bond donors (Lipinski definition) is 0. The van der Waals surface area contributed by atoms with Crippen molar-refractivity contribution in [3.8, 4) is 0 Å². The van der Waals surface area contributed by atoms with Gasteiger partial charge in [0, 0.05) is 29.0 Å². The van der Waals surface area contributed by atoms with Crippen LogP contribution in [0.25, 0.3) is 0 Å². The van der Waals surface area contributed by atoms with Gasteiger partial charge in [0.15, 0.2) is 5.78 Å². The van der Waals surface area contributed by atoms with Crippen LogP contribution in [0.15, 0.2) is 23.6 Å². The summed E-state index contributed by atoms with van der Waals surface area (Å²) in [6.45, 7) is 3.93. The first kappa shape index (κ1) is 17.0. The van der Waals surface area contributed by atoms with E-state index in [4.69, 9.17) is 0 Å². The Morgan fingerprint density at radius 3 is 2.58 bits per heavy atom. The van der Waals surface area contributed by atoms with Crippen molar-refractivity contribution in [3.63, 3.8) is 0 Å². The molecule has 1 aliphatic carbocycles. The number of hydrogen-bond acceptors (Lipinski definition) is 4. The van der Waals surface area contributed by atoms with Crippen LogP contribution in [-0.4, -0.2) is 16.6 Å². The van der Waals surface area contributed by atoms with Gasteiger partial charge < -0.3 is 0 Å². The number of rotatable bonds is 6. The van der Waals surface area contributed by atoms with Crippen LogP contribution >= 0.6 is 11.3 Å². The van der Waals surface area contributed by atoms with E-state index < -0.39 is 0 Å². The highest BCUT2D eigenvalue weighted by molar-refractivity contribution is 7.09. The fraction of sp³-hybridized carbons (Fsp3) is 0.450. The maximum atomic E-state index is 12.8. The van der Waals surface area contributed by atoms with Crippen molar-refractivity contribution < 1.29 is 9.59 Å². The number of benzene rings is 1. The summed E-state index contributed by atoms with van der Waals surface area (Å²) in [5.41, 5.74) is 3.65. The van der Waals surface area contributed by atoms with Gasteiger partial charge in [0.1, 0.15) is 10.8 Å². The molecular formula is C20H23NO2S. The molecule has 4 heteroatoms. The topological polar surface area (TPSA) is 47.0 Å². The highest BCUT2D eigenvalue weighted by Crippen LogP contribution is 2.29. The second kappa shape index (κ2) is 7.39. The Hall–Kier alpha value is -1.81. The number of ketones is 2. The largest absolute Gasteiger partial charge is 0.299 e. The van der Waals surface area contributed by atoms with E-state index in [9.17, 15) is 9.59 Å². The molecule has 1 fully saturated rings. The van der Waals surface area contributed by atoms with Crippen molar-refractivity contribution in [3.05, 3.63) is 51.0 Å². The van der Waals surface area contributed by atoms with E-state index in [1.165, 1.54) is 11.3 Å². The van der Waals surface area contributed by atoms with E-state index in [1.807, 2.05) is 37.4 Å². The monoisotopic (exact) mass is 341 g/mol. The molecule has 1 aliphatic rings. The quantitative estimate of drug-likeness (QED) is 0.727. The van der Waals surface area contributed by atoms with Gasteiger partial charge in [0.05, 0.1) is 6.42 Å². The van der Waals surface area contributed by atoms with Gasteiger partial charge in [-0.1, -0.05) is 30.5 Å². The van der Waals surface area contributed by atoms with Crippen LogP contribution in [0.4, 0.5) is 0 Å². The van der Waals surface area contributed by atoms with Crippen molar-refractivity contribution in [1.29, 1.82) is 0 Å². The van der Waals surface area contributed by atoms with Crippen molar-refractivity contribution in [2.75, 3.05) is 0 Å². The third-order valence-corrected chi connectivity index (χ3v) is 5.63. The van der Waals surface area contributed by atoms with E-state index in [0.717, 1.165) is 53.1 Å². The molecule has 0 spiro atoms. The molecule has 1 saturated carbocycles. The van der Waals surface area contributed by atoms with Crippen LogP contribution in [0, 0.1) is 19.8 Å². The van der Waals surface area contributed by atoms with E-state index in [1.54, 1.807) is 0 Å². The highest BCUT2D eigenvalue weighted by Gasteiger charge is 2.26. The molecule has 1 heterocycles. The molecule has 3 nitrogen and oxygen atoms in total. The first-order chi connectivity index (χ1) is 11.5. The van der Waals surface area contributed by atoms with E-state index >= 15 is 0 Å². The minimum Gasteiger partial charge on any atom is -0.299 e. The van der Waals surface area contributed by atoms with E-state index in [0.29, 0.717) is 12.8 Å². The second-order valence-electron chi connectivity index (χ2n) is 6.78. The molecule has 0 aliphatic heterocycles. The molecular weight excluding hydrogens is 318 g/mol. The SMILES string of the molecule is Cc1ccc(CC(=O)Cc2nc(C)cs2)c(C(=O)C2CCCC2)c1. The zero-order chi connectivity index (χ0) is 17.1. The Morgan fingerprint density at radius 2 is 1.92 bits per heavy atom. The average molecular weight is 341 g/mol. The van der Waals surface area contributed by atoms with Crippen molar-refractivity contribution >= 4 is 22.9 Å². The summed E-state index contributed by atoms with van der Waals surface area (Å²) in [4.78, 5) is 29.6. The minimum atomic E-state index is 0.119. The molecule has 2 aromatic rings. The third-order valence-electron chi connectivity index (χ3n) is 4.66. The van der Waals surface area contributed by atoms with E-state index in [2.05, 4.69) is 4.98 Å². The minimum absolute atomic E-state index is 0.119. The number of nitrogens with zero attached hydrogens (tertiary/aromatic N) is 1. The number of Topliss-reactive ketones (excluding diaryl/α,β-unsaturated/α-hetero) is 2. The third kappa shape index (κ3) is 3.99. The molecule has 0 amide bonds. The zero-order valence-corrected chi connectivity index (χ0v) is 15.1. The molecule has 0 atom stereocenters. The molecule has 3 rings (SSSR count). The molecule has 0 unspecified atom stereocenters. The van der Waals surface area contributed by atoms with Crippen molar-refractivity contribution in [1.82, 2.24) is 4.98 Å². The molecule has 24 heavy (non-hydrogen) atoms. The maximum absolute atomic E-state index is 12.8. The maximum Gasteiger partial charge on any atom is 0.166 e. The molecule has 1 aromatic carbocycles.